The van der Waals surface area contributed by atoms with Crippen molar-refractivity contribution in [2.45, 2.75) is 0 Å². The fourth-order valence-electron chi connectivity index (χ4n) is 1.99. The van der Waals surface area contributed by atoms with Crippen LogP contribution in [-0.4, -0.2) is 16.8 Å². The number of para-hydroxylation sites is 1. The lowest BCUT2D eigenvalue weighted by molar-refractivity contribution is 1.35. The van der Waals surface area contributed by atoms with Crippen LogP contribution < -0.4 is 11.5 Å². The number of thiazole rings is 1. The maximum absolute atomic E-state index is 5.95. The molecule has 0 fully saturated rings. The van der Waals surface area contributed by atoms with Gasteiger partial charge < -0.3 is 11.5 Å². The molecule has 0 aliphatic heterocycles. The maximum atomic E-state index is 5.95. The van der Waals surface area contributed by atoms with Crippen LogP contribution in [0.15, 0.2) is 58.5 Å². The molecule has 0 aliphatic carbocycles. The third kappa shape index (κ3) is 3.36. The van der Waals surface area contributed by atoms with E-state index in [0.717, 1.165) is 15.8 Å². The summed E-state index contributed by atoms with van der Waals surface area (Å²) in [6, 6.07) is 15.0. The van der Waals surface area contributed by atoms with Crippen LogP contribution in [0.1, 0.15) is 11.1 Å². The smallest absolute Gasteiger partial charge is 0.224 e. The normalized spacial score (nSPS) is 12.3. The van der Waals surface area contributed by atoms with Gasteiger partial charge in [-0.15, -0.1) is 6.42 Å². The first-order valence-electron chi connectivity index (χ1n) is 6.76. The Bertz CT molecular complexity index is 929. The molecular weight excluding hydrogens is 306 g/mol. The van der Waals surface area contributed by atoms with Crippen LogP contribution in [0.5, 0.6) is 0 Å². The lowest BCUT2D eigenvalue weighted by atomic mass is 10.1. The van der Waals surface area contributed by atoms with E-state index in [9.17, 15) is 0 Å². The van der Waals surface area contributed by atoms with Crippen LogP contribution in [0.25, 0.3) is 10.2 Å². The number of hydrogen-bond acceptors (Lipinski definition) is 3. The molecule has 23 heavy (non-hydrogen) atoms. The highest BCUT2D eigenvalue weighted by Gasteiger charge is 2.04. The summed E-state index contributed by atoms with van der Waals surface area (Å²) >= 11 is 1.44. The van der Waals surface area contributed by atoms with E-state index in [0.29, 0.717) is 10.7 Å². The van der Waals surface area contributed by atoms with Crippen molar-refractivity contribution >= 4 is 38.5 Å². The summed E-state index contributed by atoms with van der Waals surface area (Å²) in [7, 11) is 0. The molecule has 0 saturated carbocycles. The Balaban J connectivity index is 1.89. The van der Waals surface area contributed by atoms with E-state index >= 15 is 0 Å². The second-order valence-corrected chi connectivity index (χ2v) is 5.67. The van der Waals surface area contributed by atoms with E-state index < -0.39 is 0 Å². The molecule has 4 N–H and O–H groups in total. The number of aliphatic imine (C=N–C) groups is 2. The van der Waals surface area contributed by atoms with E-state index in [1.54, 1.807) is 6.07 Å². The number of guanidine groups is 1. The summed E-state index contributed by atoms with van der Waals surface area (Å²) in [6.07, 6.45) is 5.37. The summed E-state index contributed by atoms with van der Waals surface area (Å²) in [5.41, 5.74) is 14.1. The van der Waals surface area contributed by atoms with Gasteiger partial charge in [0, 0.05) is 11.1 Å². The minimum Gasteiger partial charge on any atom is -0.383 e. The standard InChI is InChI=1S/C17H13N5S/c1-2-11-6-5-7-12(10-11)15(18)21-16(19)22-17-20-13-8-3-4-9-14(13)23-17/h1,3-10H,(H4,18,19,20,21,22). The molecule has 3 rings (SSSR count). The molecule has 112 valence electrons. The monoisotopic (exact) mass is 319 g/mol. The summed E-state index contributed by atoms with van der Waals surface area (Å²) in [4.78, 5) is 12.7. The van der Waals surface area contributed by atoms with Gasteiger partial charge in [-0.3, -0.25) is 0 Å². The third-order valence-electron chi connectivity index (χ3n) is 3.05. The van der Waals surface area contributed by atoms with Gasteiger partial charge in [-0.2, -0.15) is 9.98 Å². The van der Waals surface area contributed by atoms with Gasteiger partial charge in [0.2, 0.25) is 11.1 Å². The van der Waals surface area contributed by atoms with Gasteiger partial charge in [0.15, 0.2) is 0 Å². The number of fused-ring (bicyclic) bond motifs is 1. The molecule has 2 aromatic carbocycles. The van der Waals surface area contributed by atoms with Crippen LogP contribution >= 0.6 is 11.3 Å². The van der Waals surface area contributed by atoms with Crippen LogP contribution in [0, 0.1) is 12.3 Å². The molecule has 3 aromatic rings. The minimum atomic E-state index is 0.0488. The predicted octanol–water partition coefficient (Wildman–Crippen LogP) is 2.63. The summed E-state index contributed by atoms with van der Waals surface area (Å²) in [6.45, 7) is 0. The largest absolute Gasteiger partial charge is 0.383 e. The molecule has 1 aromatic heterocycles. The number of nitrogens with two attached hydrogens (primary N) is 2. The van der Waals surface area contributed by atoms with Crippen LogP contribution in [0.3, 0.4) is 0 Å². The van der Waals surface area contributed by atoms with Crippen LogP contribution in [-0.2, 0) is 0 Å². The van der Waals surface area contributed by atoms with E-state index in [4.69, 9.17) is 17.9 Å². The Labute approximate surface area is 137 Å². The minimum absolute atomic E-state index is 0.0488. The third-order valence-corrected chi connectivity index (χ3v) is 3.98. The van der Waals surface area contributed by atoms with E-state index in [-0.39, 0.29) is 11.8 Å². The topological polar surface area (TPSA) is 89.6 Å². The Morgan fingerprint density at radius 3 is 2.74 bits per heavy atom. The molecule has 0 radical (unpaired) electrons. The van der Waals surface area contributed by atoms with E-state index in [1.807, 2.05) is 42.5 Å². The van der Waals surface area contributed by atoms with Crippen LogP contribution in [0.2, 0.25) is 0 Å². The second-order valence-electron chi connectivity index (χ2n) is 4.66. The fraction of sp³-hybridized carbons (Fsp3) is 0. The van der Waals surface area contributed by atoms with E-state index in [2.05, 4.69) is 20.9 Å². The van der Waals surface area contributed by atoms with Crippen molar-refractivity contribution in [2.24, 2.45) is 21.5 Å². The van der Waals surface area contributed by atoms with Gasteiger partial charge in [-0.25, -0.2) is 4.98 Å². The number of benzene rings is 2. The van der Waals surface area contributed by atoms with Gasteiger partial charge >= 0.3 is 0 Å². The molecule has 1 heterocycles. The molecule has 0 bridgehead atoms. The quantitative estimate of drug-likeness (QED) is 0.432. The number of aromatic nitrogens is 1. The second kappa shape index (κ2) is 6.30. The first-order chi connectivity index (χ1) is 11.2. The number of amidine groups is 1. The Kier molecular flexibility index (Phi) is 4.04. The summed E-state index contributed by atoms with van der Waals surface area (Å²) in [5.74, 6) is 2.85. The van der Waals surface area contributed by atoms with Crippen LogP contribution in [0.4, 0.5) is 5.13 Å². The van der Waals surface area contributed by atoms with Crippen molar-refractivity contribution in [3.8, 4) is 12.3 Å². The van der Waals surface area contributed by atoms with Crippen molar-refractivity contribution in [1.82, 2.24) is 4.98 Å². The summed E-state index contributed by atoms with van der Waals surface area (Å²) in [5, 5.41) is 0.539. The van der Waals surface area contributed by atoms with Gasteiger partial charge in [0.05, 0.1) is 10.2 Å². The molecular formula is C17H13N5S. The van der Waals surface area contributed by atoms with Gasteiger partial charge in [0.1, 0.15) is 5.84 Å². The Hall–Kier alpha value is -3.17. The van der Waals surface area contributed by atoms with Gasteiger partial charge in [-0.1, -0.05) is 41.5 Å². The summed E-state index contributed by atoms with van der Waals surface area (Å²) < 4.78 is 1.04. The first-order valence-corrected chi connectivity index (χ1v) is 7.58. The zero-order valence-corrected chi connectivity index (χ0v) is 12.9. The van der Waals surface area contributed by atoms with Crippen molar-refractivity contribution in [3.63, 3.8) is 0 Å². The van der Waals surface area contributed by atoms with Crippen molar-refractivity contribution < 1.29 is 0 Å². The highest BCUT2D eigenvalue weighted by atomic mass is 32.1. The predicted molar refractivity (Wildman–Crippen MR) is 96.0 cm³/mol. The lowest BCUT2D eigenvalue weighted by Gasteiger charge is -2.01. The lowest BCUT2D eigenvalue weighted by Crippen LogP contribution is -2.19. The zero-order valence-electron chi connectivity index (χ0n) is 12.1. The first kappa shape index (κ1) is 14.8. The average Bonchev–Trinajstić information content (AvgIpc) is 2.96. The molecule has 5 nitrogen and oxygen atoms in total. The highest BCUT2D eigenvalue weighted by Crippen LogP contribution is 2.27. The number of nitrogens with zero attached hydrogens (tertiary/aromatic N) is 3. The molecule has 0 amide bonds. The Morgan fingerprint density at radius 2 is 1.96 bits per heavy atom. The van der Waals surface area contributed by atoms with Crippen molar-refractivity contribution in [2.75, 3.05) is 0 Å². The molecule has 0 saturated heterocycles. The Morgan fingerprint density at radius 1 is 1.13 bits per heavy atom. The molecule has 0 atom stereocenters. The number of rotatable bonds is 2. The molecule has 0 unspecified atom stereocenters. The number of hydrogen-bond donors (Lipinski definition) is 2. The average molecular weight is 319 g/mol. The zero-order chi connectivity index (χ0) is 16.2. The van der Waals surface area contributed by atoms with Crippen molar-refractivity contribution in [3.05, 3.63) is 59.7 Å². The van der Waals surface area contributed by atoms with Gasteiger partial charge in [0.25, 0.3) is 0 Å². The molecule has 6 heteroatoms. The fourth-order valence-corrected chi connectivity index (χ4v) is 2.83. The van der Waals surface area contributed by atoms with E-state index in [1.165, 1.54) is 11.3 Å². The molecule has 0 spiro atoms. The molecule has 0 aliphatic rings. The van der Waals surface area contributed by atoms with Crippen molar-refractivity contribution in [1.29, 1.82) is 0 Å². The van der Waals surface area contributed by atoms with Gasteiger partial charge in [-0.05, 0) is 24.3 Å². The highest BCUT2D eigenvalue weighted by molar-refractivity contribution is 7.22. The number of terminal acetylenes is 1. The maximum Gasteiger partial charge on any atom is 0.224 e. The SMILES string of the molecule is C#Cc1cccc(C(N)=NC(N)=Nc2nc3ccccc3s2)c1.